The molecule has 0 atom stereocenters. The minimum atomic E-state index is -3.85. The van der Waals surface area contributed by atoms with Gasteiger partial charge in [-0.25, -0.2) is 0 Å². The molecule has 0 fully saturated rings. The Kier molecular flexibility index (Phi) is 6.27. The van der Waals surface area contributed by atoms with Gasteiger partial charge in [0.2, 0.25) is 0 Å². The summed E-state index contributed by atoms with van der Waals surface area (Å²) in [6.07, 6.45) is 0. The highest BCUT2D eigenvalue weighted by molar-refractivity contribution is 7.86. The molecule has 0 aliphatic carbocycles. The maximum Gasteiger partial charge on any atom is 0.336 e. The van der Waals surface area contributed by atoms with Gasteiger partial charge in [0.05, 0.1) is 4.90 Å². The van der Waals surface area contributed by atoms with E-state index in [9.17, 15) is 8.42 Å². The average molecular weight is 508 g/mol. The summed E-state index contributed by atoms with van der Waals surface area (Å²) in [4.78, 5) is 0.202. The van der Waals surface area contributed by atoms with Crippen molar-refractivity contribution in [2.75, 3.05) is 0 Å². The first-order valence-electron chi connectivity index (χ1n) is 9.03. The van der Waals surface area contributed by atoms with Crippen molar-refractivity contribution in [2.24, 2.45) is 0 Å². The number of benzene rings is 3. The lowest BCUT2D eigenvalue weighted by molar-refractivity contribution is -1.03. The minimum absolute atomic E-state index is 0.202. The molecular weight excluding hydrogens is 483 g/mol. The Morgan fingerprint density at radius 3 is 1.54 bits per heavy atom. The maximum atomic E-state index is 13.0. The number of aryl methyl sites for hydroxylation is 5. The molecule has 0 heterocycles. The SMILES string of the molecule is Cc1ccc(S(=O)(=O)O[I+](c2ccc(C)c(C)c2)c2ccc(C)c(C)c2)cc1. The summed E-state index contributed by atoms with van der Waals surface area (Å²) in [5, 5.41) is 0. The minimum Gasteiger partial charge on any atom is -0.190 e. The molecule has 0 aliphatic rings. The smallest absolute Gasteiger partial charge is 0.190 e. The van der Waals surface area contributed by atoms with Crippen LogP contribution in [0.2, 0.25) is 0 Å². The zero-order valence-corrected chi connectivity index (χ0v) is 19.8. The van der Waals surface area contributed by atoms with Crippen molar-refractivity contribution in [1.29, 1.82) is 0 Å². The third kappa shape index (κ3) is 4.64. The number of hydrogen-bond donors (Lipinski definition) is 0. The van der Waals surface area contributed by atoms with Crippen molar-refractivity contribution in [3.8, 4) is 0 Å². The van der Waals surface area contributed by atoms with Crippen molar-refractivity contribution in [1.82, 2.24) is 0 Å². The molecule has 1 radical (unpaired) electrons. The standard InChI is InChI=1S/C23H25IO3S/c1-16-6-12-23(13-7-16)28(25,26)27-24(21-10-8-17(2)19(4)14-21)22-11-9-18(3)20(5)15-22/h6-15H,1-5H3/q+1. The molecule has 3 rings (SSSR count). The molecule has 0 aliphatic heterocycles. The third-order valence-electron chi connectivity index (χ3n) is 4.79. The second kappa shape index (κ2) is 8.35. The Hall–Kier alpha value is -1.70. The normalized spacial score (nSPS) is 11.8. The Bertz CT molecular complexity index is 1050. The highest BCUT2D eigenvalue weighted by atomic mass is 127. The van der Waals surface area contributed by atoms with Crippen LogP contribution in [-0.2, 0) is 12.6 Å². The van der Waals surface area contributed by atoms with Gasteiger partial charge in [-0.05, 0) is 95.8 Å². The lowest BCUT2D eigenvalue weighted by Gasteiger charge is -2.09. The van der Waals surface area contributed by atoms with Crippen LogP contribution >= 0.6 is 0 Å². The molecule has 28 heavy (non-hydrogen) atoms. The van der Waals surface area contributed by atoms with Crippen molar-refractivity contribution >= 4 is 10.1 Å². The molecule has 147 valence electrons. The van der Waals surface area contributed by atoms with E-state index in [1.165, 1.54) is 11.1 Å². The first-order valence-corrected chi connectivity index (χ1v) is 13.5. The molecule has 0 amide bonds. The van der Waals surface area contributed by atoms with E-state index < -0.39 is 30.4 Å². The topological polar surface area (TPSA) is 43.4 Å². The van der Waals surface area contributed by atoms with Crippen LogP contribution in [0.15, 0.2) is 65.6 Å². The molecule has 0 bridgehead atoms. The van der Waals surface area contributed by atoms with Gasteiger partial charge in [0.1, 0.15) is 0 Å². The zero-order chi connectivity index (χ0) is 20.5. The Balaban J connectivity index is 2.08. The lowest BCUT2D eigenvalue weighted by Crippen LogP contribution is -3.85. The van der Waals surface area contributed by atoms with Gasteiger partial charge in [0.15, 0.2) is 7.14 Å². The van der Waals surface area contributed by atoms with Gasteiger partial charge in [0.25, 0.3) is 0 Å². The van der Waals surface area contributed by atoms with Crippen molar-refractivity contribution in [2.45, 2.75) is 39.5 Å². The summed E-state index contributed by atoms with van der Waals surface area (Å²) in [7, 11) is -3.85. The predicted molar refractivity (Wildman–Crippen MR) is 109 cm³/mol. The van der Waals surface area contributed by atoms with E-state index in [4.69, 9.17) is 2.51 Å². The van der Waals surface area contributed by atoms with Crippen molar-refractivity contribution in [3.05, 3.63) is 95.6 Å². The van der Waals surface area contributed by atoms with E-state index in [0.717, 1.165) is 23.8 Å². The molecule has 0 saturated carbocycles. The summed E-state index contributed by atoms with van der Waals surface area (Å²) >= 11 is -2.67. The summed E-state index contributed by atoms with van der Waals surface area (Å²) in [6.45, 7) is 10.1. The zero-order valence-electron chi connectivity index (χ0n) is 16.8. The molecule has 3 aromatic rings. The molecule has 3 nitrogen and oxygen atoms in total. The van der Waals surface area contributed by atoms with Crippen LogP contribution in [0.4, 0.5) is 0 Å². The van der Waals surface area contributed by atoms with E-state index in [-0.39, 0.29) is 4.90 Å². The fourth-order valence-corrected chi connectivity index (χ4v) is 10.0. The lowest BCUT2D eigenvalue weighted by atomic mass is 10.1. The maximum absolute atomic E-state index is 13.0. The second-order valence-electron chi connectivity index (χ2n) is 7.04. The van der Waals surface area contributed by atoms with E-state index in [0.29, 0.717) is 0 Å². The molecule has 0 aromatic heterocycles. The largest absolute Gasteiger partial charge is 0.336 e. The van der Waals surface area contributed by atoms with Gasteiger partial charge in [0, 0.05) is 0 Å². The highest BCUT2D eigenvalue weighted by Crippen LogP contribution is 2.12. The van der Waals surface area contributed by atoms with E-state index >= 15 is 0 Å². The van der Waals surface area contributed by atoms with Crippen LogP contribution in [0.1, 0.15) is 27.8 Å². The van der Waals surface area contributed by atoms with Gasteiger partial charge in [-0.3, -0.25) is 0 Å². The van der Waals surface area contributed by atoms with Gasteiger partial charge < -0.3 is 0 Å². The van der Waals surface area contributed by atoms with Gasteiger partial charge in [-0.2, -0.15) is 8.42 Å². The van der Waals surface area contributed by atoms with Crippen LogP contribution in [0.5, 0.6) is 0 Å². The summed E-state index contributed by atoms with van der Waals surface area (Å²) in [5.41, 5.74) is 5.65. The quantitative estimate of drug-likeness (QED) is 0.497. The number of hydrogen-bond acceptors (Lipinski definition) is 3. The first kappa shape index (κ1) is 21.0. The Labute approximate surface area is 175 Å². The monoisotopic (exact) mass is 508 g/mol. The predicted octanol–water partition coefficient (Wildman–Crippen LogP) is 2.21. The molecule has 0 N–H and O–H groups in total. The Morgan fingerprint density at radius 2 is 1.11 bits per heavy atom. The van der Waals surface area contributed by atoms with Gasteiger partial charge in [-0.1, -0.05) is 29.8 Å². The number of rotatable bonds is 5. The third-order valence-corrected chi connectivity index (χ3v) is 12.0. The molecule has 5 heteroatoms. The average Bonchev–Trinajstić information content (AvgIpc) is 2.65. The highest BCUT2D eigenvalue weighted by Gasteiger charge is 2.38. The molecule has 0 spiro atoms. The van der Waals surface area contributed by atoms with E-state index in [2.05, 4.69) is 26.0 Å². The van der Waals surface area contributed by atoms with Crippen molar-refractivity contribution < 1.29 is 31.2 Å². The van der Waals surface area contributed by atoms with Crippen LogP contribution in [0, 0.1) is 41.8 Å². The Morgan fingerprint density at radius 1 is 0.643 bits per heavy atom. The summed E-state index contributed by atoms with van der Waals surface area (Å²) < 4.78 is 34.0. The van der Waals surface area contributed by atoms with Crippen molar-refractivity contribution in [3.63, 3.8) is 0 Å². The number of halogens is 1. The van der Waals surface area contributed by atoms with Crippen LogP contribution in [-0.4, -0.2) is 8.42 Å². The first-order chi connectivity index (χ1) is 13.2. The molecular formula is C23H25IO3S+. The van der Waals surface area contributed by atoms with E-state index in [1.807, 2.05) is 45.0 Å². The fraction of sp³-hybridized carbons (Fsp3) is 0.217. The fourth-order valence-electron chi connectivity index (χ4n) is 2.65. The van der Waals surface area contributed by atoms with Gasteiger partial charge >= 0.3 is 30.4 Å². The molecule has 3 aromatic carbocycles. The van der Waals surface area contributed by atoms with Crippen LogP contribution in [0.25, 0.3) is 0 Å². The molecule has 0 unspecified atom stereocenters. The van der Waals surface area contributed by atoms with Gasteiger partial charge in [-0.15, -0.1) is 0 Å². The second-order valence-corrected chi connectivity index (χ2v) is 13.5. The van der Waals surface area contributed by atoms with Crippen LogP contribution < -0.4 is 20.2 Å². The summed E-state index contributed by atoms with van der Waals surface area (Å²) in [5.74, 6) is 0. The van der Waals surface area contributed by atoms with Crippen LogP contribution in [0.3, 0.4) is 0 Å². The van der Waals surface area contributed by atoms with E-state index in [1.54, 1.807) is 24.3 Å². The molecule has 0 saturated heterocycles. The summed E-state index contributed by atoms with van der Waals surface area (Å²) in [6, 6.07) is 19.0.